The summed E-state index contributed by atoms with van der Waals surface area (Å²) in [6.07, 6.45) is 2.26. The number of carbonyl (C=O) groups excluding carboxylic acids is 1. The number of hydrogen-bond acceptors (Lipinski definition) is 1. The number of nitrogens with one attached hydrogen (secondary N) is 1. The monoisotopic (exact) mass is 363 g/mol. The maximum Gasteiger partial charge on any atom is 0.224 e. The van der Waals surface area contributed by atoms with Crippen molar-refractivity contribution in [3.8, 4) is 0 Å². The Labute approximate surface area is 164 Å². The van der Waals surface area contributed by atoms with Gasteiger partial charge in [0, 0.05) is 12.1 Å². The van der Waals surface area contributed by atoms with E-state index in [1.54, 1.807) is 0 Å². The Morgan fingerprint density at radius 3 is 2.14 bits per heavy atom. The zero-order valence-electron chi connectivity index (χ0n) is 15.6. The summed E-state index contributed by atoms with van der Waals surface area (Å²) in [6.45, 7) is 0. The highest BCUT2D eigenvalue weighted by molar-refractivity contribution is 6.23. The largest absolute Gasteiger partial charge is 0.326 e. The van der Waals surface area contributed by atoms with Gasteiger partial charge in [0.15, 0.2) is 0 Å². The molecule has 0 aliphatic heterocycles. The minimum absolute atomic E-state index is 0.0731. The number of benzene rings is 5. The van der Waals surface area contributed by atoms with E-state index < -0.39 is 0 Å². The fraction of sp³-hybridized carbons (Fsp3) is 0.115. The molecule has 0 atom stereocenters. The lowest BCUT2D eigenvalue weighted by atomic mass is 9.90. The van der Waals surface area contributed by atoms with Crippen molar-refractivity contribution in [3.63, 3.8) is 0 Å². The third-order valence-corrected chi connectivity index (χ3v) is 5.53. The van der Waals surface area contributed by atoms with Crippen molar-refractivity contribution in [2.24, 2.45) is 0 Å². The zero-order valence-corrected chi connectivity index (χ0v) is 15.6. The van der Waals surface area contributed by atoms with Crippen molar-refractivity contribution in [2.75, 3.05) is 5.32 Å². The van der Waals surface area contributed by atoms with Crippen molar-refractivity contribution >= 4 is 43.9 Å². The van der Waals surface area contributed by atoms with Gasteiger partial charge in [0.2, 0.25) is 5.91 Å². The Balaban J connectivity index is 1.39. The van der Waals surface area contributed by atoms with E-state index in [0.717, 1.165) is 18.5 Å². The van der Waals surface area contributed by atoms with Gasteiger partial charge in [-0.1, -0.05) is 72.8 Å². The predicted molar refractivity (Wildman–Crippen MR) is 118 cm³/mol. The molecule has 0 aliphatic rings. The molecule has 5 aromatic rings. The summed E-state index contributed by atoms with van der Waals surface area (Å²) in [4.78, 5) is 12.2. The normalized spacial score (nSPS) is 11.4. The summed E-state index contributed by atoms with van der Waals surface area (Å²) in [5.74, 6) is 0.0731. The lowest BCUT2D eigenvalue weighted by Crippen LogP contribution is -2.11. The summed E-state index contributed by atoms with van der Waals surface area (Å²) in [6, 6.07) is 29.4. The number of aryl methyl sites for hydroxylation is 1. The van der Waals surface area contributed by atoms with Gasteiger partial charge >= 0.3 is 0 Å². The molecule has 0 spiro atoms. The first kappa shape index (κ1) is 16.8. The molecule has 0 saturated heterocycles. The predicted octanol–water partition coefficient (Wildman–Crippen LogP) is 6.55. The molecule has 0 radical (unpaired) electrons. The molecule has 1 N–H and O–H groups in total. The van der Waals surface area contributed by atoms with E-state index in [-0.39, 0.29) is 5.91 Å². The molecule has 0 saturated carbocycles. The molecule has 0 fully saturated rings. The summed E-state index contributed by atoms with van der Waals surface area (Å²) in [5.41, 5.74) is 2.17. The maximum atomic E-state index is 12.2. The van der Waals surface area contributed by atoms with Gasteiger partial charge in [0.25, 0.3) is 0 Å². The van der Waals surface area contributed by atoms with E-state index in [2.05, 4.69) is 59.9 Å². The third kappa shape index (κ3) is 2.97. The Kier molecular flexibility index (Phi) is 4.17. The van der Waals surface area contributed by atoms with Crippen molar-refractivity contribution in [1.29, 1.82) is 0 Å². The highest BCUT2D eigenvalue weighted by Gasteiger charge is 2.11. The molecule has 0 heterocycles. The van der Waals surface area contributed by atoms with E-state index in [1.807, 2.05) is 30.3 Å². The highest BCUT2D eigenvalue weighted by atomic mass is 16.1. The van der Waals surface area contributed by atoms with Crippen molar-refractivity contribution < 1.29 is 4.79 Å². The molecule has 28 heavy (non-hydrogen) atoms. The lowest BCUT2D eigenvalue weighted by Gasteiger charge is -2.14. The van der Waals surface area contributed by atoms with Crippen LogP contribution >= 0.6 is 0 Å². The summed E-state index contributed by atoms with van der Waals surface area (Å²) >= 11 is 0. The molecular formula is C26H21NO. The number of hydrogen-bond donors (Lipinski definition) is 1. The van der Waals surface area contributed by atoms with E-state index >= 15 is 0 Å². The van der Waals surface area contributed by atoms with Gasteiger partial charge in [0.05, 0.1) is 0 Å². The molecule has 2 heteroatoms. The molecular weight excluding hydrogens is 342 g/mol. The van der Waals surface area contributed by atoms with Crippen LogP contribution in [0.25, 0.3) is 32.3 Å². The van der Waals surface area contributed by atoms with Crippen LogP contribution in [0.15, 0.2) is 84.9 Å². The van der Waals surface area contributed by atoms with E-state index in [0.29, 0.717) is 6.42 Å². The van der Waals surface area contributed by atoms with Gasteiger partial charge in [-0.15, -0.1) is 0 Å². The van der Waals surface area contributed by atoms with E-state index in [4.69, 9.17) is 0 Å². The van der Waals surface area contributed by atoms with Gasteiger partial charge in [-0.3, -0.25) is 4.79 Å². The molecule has 1 amide bonds. The first-order valence-corrected chi connectivity index (χ1v) is 9.80. The second-order valence-corrected chi connectivity index (χ2v) is 7.35. The fourth-order valence-electron chi connectivity index (χ4n) is 4.20. The average molecular weight is 363 g/mol. The molecule has 0 aromatic heterocycles. The molecule has 0 aliphatic carbocycles. The van der Waals surface area contributed by atoms with E-state index in [9.17, 15) is 4.79 Å². The standard InChI is InChI=1S/C26H21NO/c28-24(27-22-9-2-1-3-10-22)11-5-6-18-12-13-21-15-14-19-7-4-8-20-16-17-23(18)26(21)25(19)20/h1-4,7-10,12-17H,5-6,11H2,(H,27,28). The number of para-hydroxylation sites is 1. The highest BCUT2D eigenvalue weighted by Crippen LogP contribution is 2.36. The quantitative estimate of drug-likeness (QED) is 0.353. The van der Waals surface area contributed by atoms with Gasteiger partial charge in [-0.05, 0) is 62.9 Å². The first-order valence-electron chi connectivity index (χ1n) is 9.80. The number of amides is 1. The summed E-state index contributed by atoms with van der Waals surface area (Å²) in [7, 11) is 0. The molecule has 2 nitrogen and oxygen atoms in total. The Bertz CT molecular complexity index is 1260. The van der Waals surface area contributed by atoms with Crippen molar-refractivity contribution in [3.05, 3.63) is 90.5 Å². The van der Waals surface area contributed by atoms with Crippen LogP contribution in [0.1, 0.15) is 18.4 Å². The molecule has 5 aromatic carbocycles. The Morgan fingerprint density at radius 2 is 1.36 bits per heavy atom. The van der Waals surface area contributed by atoms with Gasteiger partial charge < -0.3 is 5.32 Å². The third-order valence-electron chi connectivity index (χ3n) is 5.53. The Hall–Kier alpha value is -3.39. The maximum absolute atomic E-state index is 12.2. The van der Waals surface area contributed by atoms with E-state index in [1.165, 1.54) is 37.9 Å². The topological polar surface area (TPSA) is 29.1 Å². The minimum Gasteiger partial charge on any atom is -0.326 e. The van der Waals surface area contributed by atoms with Crippen molar-refractivity contribution in [1.82, 2.24) is 0 Å². The average Bonchev–Trinajstić information content (AvgIpc) is 2.73. The number of anilines is 1. The van der Waals surface area contributed by atoms with Crippen LogP contribution < -0.4 is 5.32 Å². The first-order chi connectivity index (χ1) is 13.8. The van der Waals surface area contributed by atoms with Crippen LogP contribution in [-0.4, -0.2) is 5.91 Å². The minimum atomic E-state index is 0.0731. The smallest absolute Gasteiger partial charge is 0.224 e. The van der Waals surface area contributed by atoms with Crippen LogP contribution in [0.3, 0.4) is 0 Å². The molecule has 136 valence electrons. The molecule has 0 unspecified atom stereocenters. The van der Waals surface area contributed by atoms with Gasteiger partial charge in [0.1, 0.15) is 0 Å². The second kappa shape index (κ2) is 6.97. The van der Waals surface area contributed by atoms with Gasteiger partial charge in [-0.25, -0.2) is 0 Å². The van der Waals surface area contributed by atoms with Crippen molar-refractivity contribution in [2.45, 2.75) is 19.3 Å². The Morgan fingerprint density at radius 1 is 0.679 bits per heavy atom. The van der Waals surface area contributed by atoms with Crippen LogP contribution in [0, 0.1) is 0 Å². The summed E-state index contributed by atoms with van der Waals surface area (Å²) < 4.78 is 0. The zero-order chi connectivity index (χ0) is 18.9. The summed E-state index contributed by atoms with van der Waals surface area (Å²) in [5, 5.41) is 10.8. The van der Waals surface area contributed by atoms with Crippen LogP contribution in [-0.2, 0) is 11.2 Å². The lowest BCUT2D eigenvalue weighted by molar-refractivity contribution is -0.116. The van der Waals surface area contributed by atoms with Crippen LogP contribution in [0.2, 0.25) is 0 Å². The fourth-order valence-corrected chi connectivity index (χ4v) is 4.20. The number of rotatable bonds is 5. The SMILES string of the molecule is O=C(CCCc1ccc2ccc3cccc4ccc1c2c34)Nc1ccccc1. The second-order valence-electron chi connectivity index (χ2n) is 7.35. The van der Waals surface area contributed by atoms with Crippen LogP contribution in [0.4, 0.5) is 5.69 Å². The molecule has 0 bridgehead atoms. The number of carbonyl (C=O) groups is 1. The van der Waals surface area contributed by atoms with Gasteiger partial charge in [-0.2, -0.15) is 0 Å². The van der Waals surface area contributed by atoms with Crippen LogP contribution in [0.5, 0.6) is 0 Å². The molecule has 5 rings (SSSR count).